The summed E-state index contributed by atoms with van der Waals surface area (Å²) >= 11 is 0. The molecular weight excluding hydrogens is 528 g/mol. The first-order chi connectivity index (χ1) is 21.6. The van der Waals surface area contributed by atoms with Gasteiger partial charge in [-0.25, -0.2) is 0 Å². The number of hydrogen-bond acceptors (Lipinski definition) is 0. The highest BCUT2D eigenvalue weighted by Crippen LogP contribution is 2.47. The van der Waals surface area contributed by atoms with Crippen molar-refractivity contribution in [2.45, 2.75) is 66.2 Å². The fourth-order valence-electron chi connectivity index (χ4n) is 7.56. The predicted molar refractivity (Wildman–Crippen MR) is 191 cm³/mol. The Bertz CT molecular complexity index is 1790. The van der Waals surface area contributed by atoms with Crippen LogP contribution in [0.25, 0.3) is 56.7 Å². The van der Waals surface area contributed by atoms with Gasteiger partial charge >= 0.3 is 0 Å². The second-order valence-corrected chi connectivity index (χ2v) is 12.4. The van der Waals surface area contributed by atoms with E-state index in [0.717, 1.165) is 38.5 Å². The van der Waals surface area contributed by atoms with Crippen LogP contribution in [0.5, 0.6) is 0 Å². The van der Waals surface area contributed by atoms with Crippen molar-refractivity contribution in [3.05, 3.63) is 142 Å². The zero-order chi connectivity index (χ0) is 30.2. The van der Waals surface area contributed by atoms with Crippen LogP contribution in [0.2, 0.25) is 0 Å². The average molecular weight is 571 g/mol. The molecule has 0 N–H and O–H groups in total. The summed E-state index contributed by atoms with van der Waals surface area (Å²) < 4.78 is 0. The van der Waals surface area contributed by atoms with Crippen molar-refractivity contribution in [1.29, 1.82) is 0 Å². The number of rotatable bonds is 8. The molecule has 2 aliphatic carbocycles. The SMILES string of the molecule is CCC(=Cc1ccc2c(c1-c1cccc(-c3c(C=C(CC)CC)ccc4c3Cc3ccccc3-4)c1)Cc1ccccc1-2)CC. The lowest BCUT2D eigenvalue weighted by molar-refractivity contribution is 0.990. The summed E-state index contributed by atoms with van der Waals surface area (Å²) in [5.74, 6) is 0. The molecule has 0 amide bonds. The van der Waals surface area contributed by atoms with Crippen molar-refractivity contribution in [2.24, 2.45) is 0 Å². The van der Waals surface area contributed by atoms with Gasteiger partial charge in [0, 0.05) is 0 Å². The Labute approximate surface area is 263 Å². The molecule has 0 heteroatoms. The fourth-order valence-corrected chi connectivity index (χ4v) is 7.56. The predicted octanol–water partition coefficient (Wildman–Crippen LogP) is 12.6. The third-order valence-corrected chi connectivity index (χ3v) is 10.0. The molecule has 0 spiro atoms. The molecule has 0 aliphatic heterocycles. The largest absolute Gasteiger partial charge is 0.0701 e. The maximum Gasteiger partial charge on any atom is -0.000707 e. The van der Waals surface area contributed by atoms with Crippen molar-refractivity contribution in [3.63, 3.8) is 0 Å². The van der Waals surface area contributed by atoms with Crippen LogP contribution in [0.4, 0.5) is 0 Å². The summed E-state index contributed by atoms with van der Waals surface area (Å²) in [6.45, 7) is 9.12. The van der Waals surface area contributed by atoms with Crippen LogP contribution in [-0.2, 0) is 12.8 Å². The molecule has 0 heterocycles. The second-order valence-electron chi connectivity index (χ2n) is 12.4. The summed E-state index contributed by atoms with van der Waals surface area (Å²) in [5, 5.41) is 0. The molecule has 0 saturated carbocycles. The van der Waals surface area contributed by atoms with E-state index in [1.165, 1.54) is 89.0 Å². The molecule has 2 aliphatic rings. The number of fused-ring (bicyclic) bond motifs is 6. The molecular formula is C44H42. The van der Waals surface area contributed by atoms with Gasteiger partial charge in [0.15, 0.2) is 0 Å². The maximum atomic E-state index is 2.49. The molecule has 0 atom stereocenters. The smallest absolute Gasteiger partial charge is 0.000707 e. The van der Waals surface area contributed by atoms with Gasteiger partial charge in [-0.2, -0.15) is 0 Å². The van der Waals surface area contributed by atoms with Crippen molar-refractivity contribution in [1.82, 2.24) is 0 Å². The minimum Gasteiger partial charge on any atom is -0.0701 e. The Hall–Kier alpha value is -4.42. The first kappa shape index (κ1) is 28.4. The van der Waals surface area contributed by atoms with Gasteiger partial charge in [-0.3, -0.25) is 0 Å². The lowest BCUT2D eigenvalue weighted by Crippen LogP contribution is -1.96. The van der Waals surface area contributed by atoms with E-state index in [-0.39, 0.29) is 0 Å². The lowest BCUT2D eigenvalue weighted by Gasteiger charge is -2.18. The first-order valence-corrected chi connectivity index (χ1v) is 16.6. The van der Waals surface area contributed by atoms with Gasteiger partial charge in [-0.15, -0.1) is 0 Å². The lowest BCUT2D eigenvalue weighted by atomic mass is 9.86. The van der Waals surface area contributed by atoms with E-state index in [2.05, 4.69) is 137 Å². The van der Waals surface area contributed by atoms with Crippen molar-refractivity contribution >= 4 is 12.2 Å². The van der Waals surface area contributed by atoms with E-state index in [1.54, 1.807) is 0 Å². The molecule has 0 unspecified atom stereocenters. The van der Waals surface area contributed by atoms with Crippen LogP contribution in [0.3, 0.4) is 0 Å². The van der Waals surface area contributed by atoms with Gasteiger partial charge in [0.05, 0.1) is 0 Å². The van der Waals surface area contributed by atoms with Crippen LogP contribution in [0, 0.1) is 0 Å². The minimum atomic E-state index is 0.987. The summed E-state index contributed by atoms with van der Waals surface area (Å²) in [7, 11) is 0. The fraction of sp³-hybridized carbons (Fsp3) is 0.227. The summed E-state index contributed by atoms with van der Waals surface area (Å²) in [6, 6.07) is 36.8. The van der Waals surface area contributed by atoms with E-state index in [4.69, 9.17) is 0 Å². The van der Waals surface area contributed by atoms with Crippen molar-refractivity contribution < 1.29 is 0 Å². The Balaban J connectivity index is 1.46. The first-order valence-electron chi connectivity index (χ1n) is 16.6. The molecule has 0 bridgehead atoms. The Kier molecular flexibility index (Phi) is 7.69. The van der Waals surface area contributed by atoms with E-state index < -0.39 is 0 Å². The molecule has 0 fully saturated rings. The van der Waals surface area contributed by atoms with Gasteiger partial charge in [0.25, 0.3) is 0 Å². The zero-order valence-electron chi connectivity index (χ0n) is 26.6. The molecule has 218 valence electrons. The average Bonchev–Trinajstić information content (AvgIpc) is 3.64. The molecule has 7 rings (SSSR count). The quantitative estimate of drug-likeness (QED) is 0.170. The molecule has 0 saturated heterocycles. The summed E-state index contributed by atoms with van der Waals surface area (Å²) in [4.78, 5) is 0. The van der Waals surface area contributed by atoms with Crippen LogP contribution in [0.15, 0.2) is 108 Å². The minimum absolute atomic E-state index is 0.987. The third kappa shape index (κ3) is 4.87. The molecule has 5 aromatic rings. The standard InChI is InChI=1S/C44H42/c1-5-29(6-2)24-35-20-22-39-37-18-11-9-14-31(37)27-41(39)43(35)33-16-13-17-34(26-33)44-36(25-30(7-3)8-4)21-23-40-38-19-12-10-15-32(38)28-42(40)44/h9-26H,5-8,27-28H2,1-4H3. The summed E-state index contributed by atoms with van der Waals surface area (Å²) in [5.41, 5.74) is 22.5. The van der Waals surface area contributed by atoms with Crippen LogP contribution >= 0.6 is 0 Å². The molecule has 5 aromatic carbocycles. The second kappa shape index (κ2) is 11.9. The monoisotopic (exact) mass is 570 g/mol. The van der Waals surface area contributed by atoms with Gasteiger partial charge in [0.2, 0.25) is 0 Å². The van der Waals surface area contributed by atoms with Gasteiger partial charge in [-0.05, 0) is 122 Å². The van der Waals surface area contributed by atoms with Crippen LogP contribution < -0.4 is 0 Å². The Morgan fingerprint density at radius 2 is 0.909 bits per heavy atom. The van der Waals surface area contributed by atoms with E-state index in [0.29, 0.717) is 0 Å². The maximum absolute atomic E-state index is 2.49. The third-order valence-electron chi connectivity index (χ3n) is 10.0. The van der Waals surface area contributed by atoms with Gasteiger partial charge < -0.3 is 0 Å². The van der Waals surface area contributed by atoms with Crippen molar-refractivity contribution in [2.75, 3.05) is 0 Å². The van der Waals surface area contributed by atoms with E-state index in [9.17, 15) is 0 Å². The molecule has 44 heavy (non-hydrogen) atoms. The highest BCUT2D eigenvalue weighted by molar-refractivity contribution is 5.93. The van der Waals surface area contributed by atoms with Gasteiger partial charge in [-0.1, -0.05) is 142 Å². The highest BCUT2D eigenvalue weighted by atomic mass is 14.3. The van der Waals surface area contributed by atoms with E-state index in [1.807, 2.05) is 0 Å². The number of benzene rings is 5. The topological polar surface area (TPSA) is 0 Å². The van der Waals surface area contributed by atoms with E-state index >= 15 is 0 Å². The highest BCUT2D eigenvalue weighted by Gasteiger charge is 2.26. The Morgan fingerprint density at radius 3 is 1.34 bits per heavy atom. The molecule has 0 nitrogen and oxygen atoms in total. The number of allylic oxidation sites excluding steroid dienone is 2. The zero-order valence-corrected chi connectivity index (χ0v) is 26.6. The molecule has 0 radical (unpaired) electrons. The van der Waals surface area contributed by atoms with Crippen LogP contribution in [0.1, 0.15) is 86.8 Å². The number of hydrogen-bond donors (Lipinski definition) is 0. The molecule has 0 aromatic heterocycles. The van der Waals surface area contributed by atoms with Crippen molar-refractivity contribution in [3.8, 4) is 44.5 Å². The Morgan fingerprint density at radius 1 is 0.477 bits per heavy atom. The van der Waals surface area contributed by atoms with Crippen LogP contribution in [-0.4, -0.2) is 0 Å². The summed E-state index contributed by atoms with van der Waals surface area (Å²) in [6.07, 6.45) is 11.2. The normalized spacial score (nSPS) is 12.3. The van der Waals surface area contributed by atoms with Gasteiger partial charge in [0.1, 0.15) is 0 Å².